The Labute approximate surface area is 155 Å². The molecule has 1 amide bonds. The van der Waals surface area contributed by atoms with E-state index in [1.165, 1.54) is 0 Å². The van der Waals surface area contributed by atoms with Crippen LogP contribution in [-0.2, 0) is 9.53 Å². The van der Waals surface area contributed by atoms with E-state index in [9.17, 15) is 4.79 Å². The lowest BCUT2D eigenvalue weighted by Gasteiger charge is -2.13. The maximum absolute atomic E-state index is 11.8. The van der Waals surface area contributed by atoms with Gasteiger partial charge in [0.2, 0.25) is 5.91 Å². The standard InChI is InChI=1S/C19H28N2O3S/c1-2-3-4-5-8-18(22)21-19(25)20-15-9-11-16(12-10-15)24-14-17-7-6-13-23-17/h9-12,17H,2-8,13-14H2,1H3,(H2,20,21,22,25). The van der Waals surface area contributed by atoms with Crippen molar-refractivity contribution in [2.75, 3.05) is 18.5 Å². The summed E-state index contributed by atoms with van der Waals surface area (Å²) < 4.78 is 11.3. The third-order valence-corrected chi connectivity index (χ3v) is 4.29. The monoisotopic (exact) mass is 364 g/mol. The highest BCUT2D eigenvalue weighted by Gasteiger charge is 2.15. The van der Waals surface area contributed by atoms with Gasteiger partial charge < -0.3 is 20.1 Å². The van der Waals surface area contributed by atoms with Gasteiger partial charge >= 0.3 is 0 Å². The second-order valence-corrected chi connectivity index (χ2v) is 6.69. The summed E-state index contributed by atoms with van der Waals surface area (Å²) in [5.74, 6) is 0.761. The van der Waals surface area contributed by atoms with E-state index < -0.39 is 0 Å². The molecule has 138 valence electrons. The van der Waals surface area contributed by atoms with E-state index >= 15 is 0 Å². The van der Waals surface area contributed by atoms with Crippen molar-refractivity contribution >= 4 is 28.9 Å². The lowest BCUT2D eigenvalue weighted by atomic mass is 10.1. The topological polar surface area (TPSA) is 59.6 Å². The van der Waals surface area contributed by atoms with Crippen molar-refractivity contribution in [3.63, 3.8) is 0 Å². The summed E-state index contributed by atoms with van der Waals surface area (Å²) in [5.41, 5.74) is 0.820. The van der Waals surface area contributed by atoms with Crippen LogP contribution in [0, 0.1) is 0 Å². The normalized spacial score (nSPS) is 16.4. The van der Waals surface area contributed by atoms with Gasteiger partial charge in [-0.05, 0) is 55.7 Å². The summed E-state index contributed by atoms with van der Waals surface area (Å²) >= 11 is 5.18. The van der Waals surface area contributed by atoms with Crippen LogP contribution in [0.4, 0.5) is 5.69 Å². The Morgan fingerprint density at radius 3 is 2.76 bits per heavy atom. The Hall–Kier alpha value is -1.66. The number of hydrogen-bond acceptors (Lipinski definition) is 4. The van der Waals surface area contributed by atoms with E-state index in [0.717, 1.165) is 56.6 Å². The first-order valence-corrected chi connectivity index (χ1v) is 9.53. The molecule has 25 heavy (non-hydrogen) atoms. The summed E-state index contributed by atoms with van der Waals surface area (Å²) in [5, 5.41) is 6.06. The Bertz CT molecular complexity index is 542. The number of anilines is 1. The second kappa shape index (κ2) is 11.1. The maximum atomic E-state index is 11.8. The number of ether oxygens (including phenoxy) is 2. The molecule has 1 heterocycles. The van der Waals surface area contributed by atoms with E-state index in [-0.39, 0.29) is 12.0 Å². The third-order valence-electron chi connectivity index (χ3n) is 4.08. The summed E-state index contributed by atoms with van der Waals surface area (Å²) in [6.45, 7) is 3.57. The molecule has 2 rings (SSSR count). The first-order valence-electron chi connectivity index (χ1n) is 9.12. The fraction of sp³-hybridized carbons (Fsp3) is 0.579. The van der Waals surface area contributed by atoms with Crippen LogP contribution in [-0.4, -0.2) is 30.3 Å². The number of thiocarbonyl (C=S) groups is 1. The minimum atomic E-state index is -0.0369. The predicted molar refractivity (Wildman–Crippen MR) is 104 cm³/mol. The summed E-state index contributed by atoms with van der Waals surface area (Å²) in [4.78, 5) is 11.8. The van der Waals surface area contributed by atoms with E-state index in [2.05, 4.69) is 17.6 Å². The van der Waals surface area contributed by atoms with Gasteiger partial charge in [-0.3, -0.25) is 4.79 Å². The average Bonchev–Trinajstić information content (AvgIpc) is 3.11. The lowest BCUT2D eigenvalue weighted by Crippen LogP contribution is -2.33. The van der Waals surface area contributed by atoms with Crippen molar-refractivity contribution in [2.45, 2.75) is 58.0 Å². The number of hydrogen-bond donors (Lipinski definition) is 2. The van der Waals surface area contributed by atoms with Gasteiger partial charge in [0.1, 0.15) is 12.4 Å². The quantitative estimate of drug-likeness (QED) is 0.512. The average molecular weight is 365 g/mol. The van der Waals surface area contributed by atoms with Crippen molar-refractivity contribution in [3.8, 4) is 5.75 Å². The molecule has 0 spiro atoms. The van der Waals surface area contributed by atoms with Crippen LogP contribution >= 0.6 is 12.2 Å². The first-order chi connectivity index (χ1) is 12.2. The van der Waals surface area contributed by atoms with Crippen LogP contribution in [0.25, 0.3) is 0 Å². The molecule has 1 saturated heterocycles. The van der Waals surface area contributed by atoms with Crippen molar-refractivity contribution in [3.05, 3.63) is 24.3 Å². The van der Waals surface area contributed by atoms with Crippen molar-refractivity contribution in [1.29, 1.82) is 0 Å². The Morgan fingerprint density at radius 2 is 2.08 bits per heavy atom. The zero-order valence-corrected chi connectivity index (χ0v) is 15.7. The van der Waals surface area contributed by atoms with Gasteiger partial charge in [-0.15, -0.1) is 0 Å². The molecule has 1 aromatic carbocycles. The second-order valence-electron chi connectivity index (χ2n) is 6.28. The summed E-state index contributed by atoms with van der Waals surface area (Å²) in [6.07, 6.45) is 7.20. The van der Waals surface area contributed by atoms with E-state index in [0.29, 0.717) is 18.1 Å². The number of carbonyl (C=O) groups excluding carboxylic acids is 1. The van der Waals surface area contributed by atoms with Crippen LogP contribution in [0.3, 0.4) is 0 Å². The lowest BCUT2D eigenvalue weighted by molar-refractivity contribution is -0.119. The Morgan fingerprint density at radius 1 is 1.28 bits per heavy atom. The molecule has 1 aromatic rings. The molecule has 0 aromatic heterocycles. The van der Waals surface area contributed by atoms with Gasteiger partial charge in [0.25, 0.3) is 0 Å². The molecular formula is C19H28N2O3S. The number of rotatable bonds is 9. The zero-order valence-electron chi connectivity index (χ0n) is 14.9. The number of carbonyl (C=O) groups is 1. The van der Waals surface area contributed by atoms with E-state index in [4.69, 9.17) is 21.7 Å². The van der Waals surface area contributed by atoms with Gasteiger partial charge in [0.05, 0.1) is 6.10 Å². The molecule has 1 atom stereocenters. The molecular weight excluding hydrogens is 336 g/mol. The number of benzene rings is 1. The van der Waals surface area contributed by atoms with E-state index in [1.807, 2.05) is 24.3 Å². The molecule has 5 nitrogen and oxygen atoms in total. The van der Waals surface area contributed by atoms with Crippen LogP contribution in [0.2, 0.25) is 0 Å². The molecule has 2 N–H and O–H groups in total. The fourth-order valence-corrected chi connectivity index (χ4v) is 2.89. The fourth-order valence-electron chi connectivity index (χ4n) is 2.66. The number of amides is 1. The molecule has 1 aliphatic rings. The highest BCUT2D eigenvalue weighted by molar-refractivity contribution is 7.80. The van der Waals surface area contributed by atoms with Crippen LogP contribution in [0.5, 0.6) is 5.75 Å². The van der Waals surface area contributed by atoms with Gasteiger partial charge in [0, 0.05) is 18.7 Å². The van der Waals surface area contributed by atoms with Gasteiger partial charge in [-0.2, -0.15) is 0 Å². The van der Waals surface area contributed by atoms with Crippen LogP contribution in [0.15, 0.2) is 24.3 Å². The SMILES string of the molecule is CCCCCCC(=O)NC(=S)Nc1ccc(OCC2CCCO2)cc1. The van der Waals surface area contributed by atoms with Crippen LogP contribution < -0.4 is 15.4 Å². The number of nitrogens with one attached hydrogen (secondary N) is 2. The molecule has 0 aliphatic carbocycles. The van der Waals surface area contributed by atoms with Gasteiger partial charge in [0.15, 0.2) is 5.11 Å². The zero-order chi connectivity index (χ0) is 17.9. The summed E-state index contributed by atoms with van der Waals surface area (Å²) in [6, 6.07) is 7.52. The minimum absolute atomic E-state index is 0.0369. The summed E-state index contributed by atoms with van der Waals surface area (Å²) in [7, 11) is 0. The maximum Gasteiger partial charge on any atom is 0.226 e. The van der Waals surface area contributed by atoms with Crippen molar-refractivity contribution < 1.29 is 14.3 Å². The van der Waals surface area contributed by atoms with Crippen molar-refractivity contribution in [2.24, 2.45) is 0 Å². The van der Waals surface area contributed by atoms with Gasteiger partial charge in [-0.1, -0.05) is 26.2 Å². The minimum Gasteiger partial charge on any atom is -0.491 e. The molecule has 1 unspecified atom stereocenters. The molecule has 0 saturated carbocycles. The Balaban J connectivity index is 1.67. The highest BCUT2D eigenvalue weighted by Crippen LogP contribution is 2.18. The molecule has 0 bridgehead atoms. The molecule has 1 aliphatic heterocycles. The van der Waals surface area contributed by atoms with Crippen LogP contribution in [0.1, 0.15) is 51.9 Å². The molecule has 6 heteroatoms. The van der Waals surface area contributed by atoms with Crippen molar-refractivity contribution in [1.82, 2.24) is 5.32 Å². The highest BCUT2D eigenvalue weighted by atomic mass is 32.1. The molecule has 1 fully saturated rings. The number of unbranched alkanes of at least 4 members (excludes halogenated alkanes) is 3. The smallest absolute Gasteiger partial charge is 0.226 e. The first kappa shape index (κ1) is 19.7. The molecule has 0 radical (unpaired) electrons. The largest absolute Gasteiger partial charge is 0.491 e. The third kappa shape index (κ3) is 7.84. The Kier molecular flexibility index (Phi) is 8.69. The predicted octanol–water partition coefficient (Wildman–Crippen LogP) is 4.03. The van der Waals surface area contributed by atoms with Gasteiger partial charge in [-0.25, -0.2) is 0 Å². The van der Waals surface area contributed by atoms with E-state index in [1.54, 1.807) is 0 Å².